The lowest BCUT2D eigenvalue weighted by molar-refractivity contribution is 0.203. The first-order chi connectivity index (χ1) is 28.6. The van der Waals surface area contributed by atoms with Crippen molar-refractivity contribution in [1.29, 1.82) is 0 Å². The van der Waals surface area contributed by atoms with Gasteiger partial charge in [0.25, 0.3) is 0 Å². The second-order valence-corrected chi connectivity index (χ2v) is 13.9. The average Bonchev–Trinajstić information content (AvgIpc) is 3.28. The average molecular weight is 790 g/mol. The summed E-state index contributed by atoms with van der Waals surface area (Å²) in [6, 6.07) is 23.7. The van der Waals surface area contributed by atoms with Gasteiger partial charge in [-0.3, -0.25) is 0 Å². The Labute approximate surface area is 357 Å². The Morgan fingerprint density at radius 3 is 2.34 bits per heavy atom. The van der Waals surface area contributed by atoms with Crippen molar-refractivity contribution in [1.82, 2.24) is 0 Å². The number of hydrogen-bond donors (Lipinski definition) is 0. The maximum atomic E-state index is 6.32. The number of hydrogen-bond acceptors (Lipinski definition) is 3. The van der Waals surface area contributed by atoms with Gasteiger partial charge in [0, 0.05) is 17.7 Å². The molecule has 0 bridgehead atoms. The van der Waals surface area contributed by atoms with Gasteiger partial charge in [0.1, 0.15) is 17.4 Å². The number of aliphatic imine (C=N–C) groups is 1. The molecule has 3 aliphatic carbocycles. The fourth-order valence-corrected chi connectivity index (χ4v) is 7.07. The molecule has 0 N–H and O–H groups in total. The second kappa shape index (κ2) is 29.9. The summed E-state index contributed by atoms with van der Waals surface area (Å²) in [5, 5.41) is 3.42. The number of terminal acetylenes is 1. The summed E-state index contributed by atoms with van der Waals surface area (Å²) >= 11 is 1.75. The van der Waals surface area contributed by atoms with Gasteiger partial charge in [-0.25, -0.2) is 4.99 Å². The van der Waals surface area contributed by atoms with Crippen molar-refractivity contribution in [3.63, 3.8) is 0 Å². The Balaban J connectivity index is 0.000000663. The van der Waals surface area contributed by atoms with Gasteiger partial charge in [0.05, 0.1) is 5.70 Å². The molecule has 0 aromatic heterocycles. The van der Waals surface area contributed by atoms with Gasteiger partial charge in [0.15, 0.2) is 0 Å². The lowest BCUT2D eigenvalue weighted by Gasteiger charge is -2.26. The summed E-state index contributed by atoms with van der Waals surface area (Å²) in [6.45, 7) is 18.8. The first-order valence-corrected chi connectivity index (χ1v) is 22.2. The topological polar surface area (TPSA) is 21.6 Å². The third-order valence-electron chi connectivity index (χ3n) is 9.06. The maximum Gasteiger partial charge on any atom is 0.118 e. The number of allylic oxidation sites excluding steroid dienone is 15. The van der Waals surface area contributed by atoms with Crippen molar-refractivity contribution in [2.45, 2.75) is 107 Å². The highest BCUT2D eigenvalue weighted by atomic mass is 32.2. The quantitative estimate of drug-likeness (QED) is 0.0510. The highest BCUT2D eigenvalue weighted by Crippen LogP contribution is 2.36. The van der Waals surface area contributed by atoms with Gasteiger partial charge in [-0.2, -0.15) is 0 Å². The molecule has 0 radical (unpaired) electrons. The smallest absolute Gasteiger partial charge is 0.118 e. The zero-order valence-corrected chi connectivity index (χ0v) is 37.5. The molecular formula is C55H67NOS. The van der Waals surface area contributed by atoms with Crippen LogP contribution in [0.3, 0.4) is 0 Å². The summed E-state index contributed by atoms with van der Waals surface area (Å²) in [5.74, 6) is 5.09. The first-order valence-electron chi connectivity index (χ1n) is 21.2. The molecule has 0 saturated carbocycles. The molecular weight excluding hydrogens is 723 g/mol. The minimum absolute atomic E-state index is 0.560. The number of fused-ring (bicyclic) bond motifs is 2. The van der Waals surface area contributed by atoms with E-state index in [0.29, 0.717) is 18.9 Å². The van der Waals surface area contributed by atoms with Crippen molar-refractivity contribution < 1.29 is 4.74 Å². The molecule has 0 spiro atoms. The molecule has 2 nitrogen and oxygen atoms in total. The van der Waals surface area contributed by atoms with E-state index in [0.717, 1.165) is 40.7 Å². The van der Waals surface area contributed by atoms with Gasteiger partial charge in [-0.05, 0) is 116 Å². The minimum Gasteiger partial charge on any atom is -0.489 e. The Hall–Kier alpha value is -5.26. The van der Waals surface area contributed by atoms with Crippen LogP contribution in [0.1, 0.15) is 111 Å². The Morgan fingerprint density at radius 2 is 1.62 bits per heavy atom. The molecule has 0 heterocycles. The van der Waals surface area contributed by atoms with E-state index in [2.05, 4.69) is 135 Å². The molecule has 1 unspecified atom stereocenters. The standard InChI is InChI=1S/C40H39NOS.C9H10.3C2H6/c1-4-7-8-17-38(5-2)41-40(37-25-23-33-14-10-12-16-35(33)27-37)43-29-31-20-18-30(19-21-31)28-42-39(6-3)36-24-22-32-13-9-11-15-34(32)26-36;1-9-7-5-3-2-4-6-8-9;3*1-2/h1,5-6,8-10,12-14,16-25,27,34H,7,11,15,26,28-29H2,2-3H3;2-3,5-6,8H,7H2,1H3;3*1-2H3/b17-8-,38-5+,39-6?,41-40?;5-3?,9-8-;;;. The van der Waals surface area contributed by atoms with Crippen molar-refractivity contribution in [2.75, 3.05) is 0 Å². The van der Waals surface area contributed by atoms with Crippen molar-refractivity contribution in [2.24, 2.45) is 10.9 Å². The zero-order valence-electron chi connectivity index (χ0n) is 36.7. The molecule has 0 saturated heterocycles. The Morgan fingerprint density at radius 1 is 0.879 bits per heavy atom. The third kappa shape index (κ3) is 17.1. The molecule has 304 valence electrons. The zero-order chi connectivity index (χ0) is 42.4. The molecule has 0 aliphatic heterocycles. The van der Waals surface area contributed by atoms with Crippen LogP contribution >= 0.6 is 11.8 Å². The largest absolute Gasteiger partial charge is 0.489 e. The van der Waals surface area contributed by atoms with Crippen molar-refractivity contribution >= 4 is 27.6 Å². The summed E-state index contributed by atoms with van der Waals surface area (Å²) in [4.78, 5) is 5.05. The van der Waals surface area contributed by atoms with E-state index in [-0.39, 0.29) is 0 Å². The second-order valence-electron chi connectivity index (χ2n) is 12.9. The monoisotopic (exact) mass is 789 g/mol. The van der Waals surface area contributed by atoms with E-state index < -0.39 is 0 Å². The molecule has 6 rings (SSSR count). The predicted octanol–water partition coefficient (Wildman–Crippen LogP) is 16.3. The van der Waals surface area contributed by atoms with E-state index in [1.165, 1.54) is 51.5 Å². The van der Waals surface area contributed by atoms with E-state index >= 15 is 0 Å². The van der Waals surface area contributed by atoms with Gasteiger partial charge < -0.3 is 4.74 Å². The predicted molar refractivity (Wildman–Crippen MR) is 260 cm³/mol. The highest BCUT2D eigenvalue weighted by Gasteiger charge is 2.21. The van der Waals surface area contributed by atoms with Crippen LogP contribution in [0.2, 0.25) is 0 Å². The summed E-state index contributed by atoms with van der Waals surface area (Å²) in [7, 11) is 0. The number of thioether (sulfide) groups is 1. The maximum absolute atomic E-state index is 6.32. The van der Waals surface area contributed by atoms with Crippen LogP contribution in [0.4, 0.5) is 0 Å². The Bertz CT molecular complexity index is 2080. The van der Waals surface area contributed by atoms with E-state index in [9.17, 15) is 0 Å². The van der Waals surface area contributed by atoms with E-state index in [1.807, 2.05) is 84.9 Å². The lowest BCUT2D eigenvalue weighted by Crippen LogP contribution is -2.12. The SMILES string of the molecule is C#CC/C=C\C(=C/C)N=C(SCc1ccc(COC(=CC)C2=CC=C3C=CCCC3C2)cc1)c1ccc2ccccc2c1.C/C1=C/C=C=CC=CC1.CC.CC.CC. The van der Waals surface area contributed by atoms with Gasteiger partial charge in [0.2, 0.25) is 0 Å². The molecule has 58 heavy (non-hydrogen) atoms. The van der Waals surface area contributed by atoms with Gasteiger partial charge >= 0.3 is 0 Å². The van der Waals surface area contributed by atoms with Gasteiger partial charge in [-0.1, -0.05) is 162 Å². The molecule has 3 aromatic carbocycles. The van der Waals surface area contributed by atoms with Crippen LogP contribution < -0.4 is 0 Å². The first kappa shape index (κ1) is 48.9. The number of benzene rings is 3. The molecule has 3 heteroatoms. The fourth-order valence-electron chi connectivity index (χ4n) is 6.11. The molecule has 0 fully saturated rings. The van der Waals surface area contributed by atoms with E-state index in [4.69, 9.17) is 16.2 Å². The van der Waals surface area contributed by atoms with Crippen LogP contribution in [0, 0.1) is 18.3 Å². The number of ether oxygens (including phenoxy) is 1. The fraction of sp³-hybridized carbons (Fsp3) is 0.309. The summed E-state index contributed by atoms with van der Waals surface area (Å²) < 4.78 is 6.32. The third-order valence-corrected chi connectivity index (χ3v) is 10.1. The normalized spacial score (nSPS) is 16.7. The minimum atomic E-state index is 0.560. The summed E-state index contributed by atoms with van der Waals surface area (Å²) in [5.41, 5.74) is 11.6. The van der Waals surface area contributed by atoms with Crippen LogP contribution in [-0.4, -0.2) is 5.04 Å². The molecule has 0 amide bonds. The van der Waals surface area contributed by atoms with Crippen LogP contribution in [-0.2, 0) is 17.1 Å². The highest BCUT2D eigenvalue weighted by molar-refractivity contribution is 8.13. The number of nitrogens with zero attached hydrogens (tertiary/aromatic N) is 1. The van der Waals surface area contributed by atoms with Crippen molar-refractivity contribution in [3.05, 3.63) is 196 Å². The molecule has 1 atom stereocenters. The Kier molecular flexibility index (Phi) is 25.2. The van der Waals surface area contributed by atoms with Crippen LogP contribution in [0.5, 0.6) is 0 Å². The van der Waals surface area contributed by atoms with Crippen LogP contribution in [0.25, 0.3) is 10.8 Å². The molecule has 3 aromatic rings. The summed E-state index contributed by atoms with van der Waals surface area (Å²) in [6.07, 6.45) is 37.8. The van der Waals surface area contributed by atoms with Crippen LogP contribution in [0.15, 0.2) is 185 Å². The van der Waals surface area contributed by atoms with Crippen molar-refractivity contribution in [3.8, 4) is 12.3 Å². The lowest BCUT2D eigenvalue weighted by atomic mass is 9.80. The number of rotatable bonds is 10. The van der Waals surface area contributed by atoms with Gasteiger partial charge in [-0.15, -0.1) is 29.8 Å². The van der Waals surface area contributed by atoms with E-state index in [1.54, 1.807) is 11.8 Å². The molecule has 3 aliphatic rings.